The third-order valence-corrected chi connectivity index (χ3v) is 2.82. The molecular weight excluding hydrogens is 288 g/mol. The molecule has 0 saturated heterocycles. The summed E-state index contributed by atoms with van der Waals surface area (Å²) in [6, 6.07) is 8.86. The quantitative estimate of drug-likeness (QED) is 0.789. The summed E-state index contributed by atoms with van der Waals surface area (Å²) < 4.78 is 10.7. The molecule has 3 N–H and O–H groups in total. The number of benzene rings is 1. The zero-order chi connectivity index (χ0) is 15.9. The van der Waals surface area contributed by atoms with Crippen LogP contribution in [0.1, 0.15) is 26.3 Å². The van der Waals surface area contributed by atoms with Crippen molar-refractivity contribution in [2.45, 2.75) is 39.0 Å². The van der Waals surface area contributed by atoms with Crippen molar-refractivity contribution < 1.29 is 14.3 Å². The molecule has 0 spiro atoms. The number of nitrogens with one attached hydrogen (secondary N) is 1. The molecule has 0 radical (unpaired) electrons. The van der Waals surface area contributed by atoms with Gasteiger partial charge >= 0.3 is 6.09 Å². The van der Waals surface area contributed by atoms with Gasteiger partial charge in [0.1, 0.15) is 12.6 Å². The topological polar surface area (TPSA) is 73.6 Å². The molecule has 0 aliphatic rings. The maximum atomic E-state index is 11.8. The standard InChI is InChI=1S/C15H22N2O3S/c1-15(2,3)20-10-12(13(16)21)17-14(18)19-9-11-7-5-4-6-8-11/h4-8,12H,9-10H2,1-3H3,(H2,16,21)(H,17,18)/t12-/m0/s1. The number of nitrogens with two attached hydrogens (primary N) is 1. The molecule has 0 aliphatic carbocycles. The number of ether oxygens (including phenoxy) is 2. The first kappa shape index (κ1) is 17.4. The van der Waals surface area contributed by atoms with Gasteiger partial charge in [-0.2, -0.15) is 0 Å². The van der Waals surface area contributed by atoms with Crippen LogP contribution < -0.4 is 11.1 Å². The zero-order valence-corrected chi connectivity index (χ0v) is 13.4. The Labute approximate surface area is 130 Å². The van der Waals surface area contributed by atoms with Gasteiger partial charge in [0.25, 0.3) is 0 Å². The van der Waals surface area contributed by atoms with Crippen molar-refractivity contribution in [3.05, 3.63) is 35.9 Å². The van der Waals surface area contributed by atoms with E-state index in [0.29, 0.717) is 0 Å². The Morgan fingerprint density at radius 2 is 1.95 bits per heavy atom. The largest absolute Gasteiger partial charge is 0.445 e. The zero-order valence-electron chi connectivity index (χ0n) is 12.6. The fourth-order valence-corrected chi connectivity index (χ4v) is 1.56. The number of thiocarbonyl (C=S) groups is 1. The van der Waals surface area contributed by atoms with Gasteiger partial charge in [0.2, 0.25) is 0 Å². The van der Waals surface area contributed by atoms with E-state index in [-0.39, 0.29) is 23.8 Å². The molecule has 0 heterocycles. The van der Waals surface area contributed by atoms with E-state index in [9.17, 15) is 4.79 Å². The van der Waals surface area contributed by atoms with Gasteiger partial charge in [-0.05, 0) is 26.3 Å². The SMILES string of the molecule is CC(C)(C)OC[C@H](NC(=O)OCc1ccccc1)C(N)=S. The average Bonchev–Trinajstić information content (AvgIpc) is 2.41. The summed E-state index contributed by atoms with van der Waals surface area (Å²) in [7, 11) is 0. The van der Waals surface area contributed by atoms with Crippen LogP contribution in [0.15, 0.2) is 30.3 Å². The lowest BCUT2D eigenvalue weighted by molar-refractivity contribution is -0.00699. The molecule has 6 heteroatoms. The summed E-state index contributed by atoms with van der Waals surface area (Å²) in [5.74, 6) is 0. The third-order valence-electron chi connectivity index (χ3n) is 2.53. The number of rotatable bonds is 6. The number of carbonyl (C=O) groups is 1. The van der Waals surface area contributed by atoms with Crippen LogP contribution in [0.2, 0.25) is 0 Å². The van der Waals surface area contributed by atoms with E-state index in [1.807, 2.05) is 51.1 Å². The van der Waals surface area contributed by atoms with Crippen molar-refractivity contribution >= 4 is 23.3 Å². The monoisotopic (exact) mass is 310 g/mol. The predicted molar refractivity (Wildman–Crippen MR) is 86.0 cm³/mol. The van der Waals surface area contributed by atoms with E-state index in [1.165, 1.54) is 0 Å². The van der Waals surface area contributed by atoms with Gasteiger partial charge in [-0.3, -0.25) is 0 Å². The van der Waals surface area contributed by atoms with Gasteiger partial charge in [-0.25, -0.2) is 4.79 Å². The van der Waals surface area contributed by atoms with E-state index in [4.69, 9.17) is 27.4 Å². The van der Waals surface area contributed by atoms with Crippen LogP contribution in [0.5, 0.6) is 0 Å². The Bertz CT molecular complexity index is 472. The Kier molecular flexibility index (Phi) is 6.58. The van der Waals surface area contributed by atoms with Crippen LogP contribution in [-0.2, 0) is 16.1 Å². The molecule has 116 valence electrons. The van der Waals surface area contributed by atoms with E-state index in [2.05, 4.69) is 5.32 Å². The van der Waals surface area contributed by atoms with Crippen LogP contribution in [0.4, 0.5) is 4.79 Å². The number of alkyl carbamates (subject to hydrolysis) is 1. The van der Waals surface area contributed by atoms with Gasteiger partial charge < -0.3 is 20.5 Å². The molecular formula is C15H22N2O3S. The van der Waals surface area contributed by atoms with Gasteiger partial charge in [-0.1, -0.05) is 42.5 Å². The smallest absolute Gasteiger partial charge is 0.408 e. The maximum absolute atomic E-state index is 11.8. The molecule has 0 unspecified atom stereocenters. The van der Waals surface area contributed by atoms with E-state index in [1.54, 1.807) is 0 Å². The second-order valence-corrected chi connectivity index (χ2v) is 6.06. The molecule has 0 saturated carbocycles. The molecule has 1 amide bonds. The third kappa shape index (κ3) is 7.63. The molecule has 0 aromatic heterocycles. The summed E-state index contributed by atoms with van der Waals surface area (Å²) in [5, 5.41) is 2.61. The Morgan fingerprint density at radius 1 is 1.33 bits per heavy atom. The van der Waals surface area contributed by atoms with Gasteiger partial charge in [0.15, 0.2) is 0 Å². The highest BCUT2D eigenvalue weighted by molar-refractivity contribution is 7.80. The minimum Gasteiger partial charge on any atom is -0.445 e. The Hall–Kier alpha value is -1.66. The van der Waals surface area contributed by atoms with Crippen LogP contribution in [-0.4, -0.2) is 29.3 Å². The lowest BCUT2D eigenvalue weighted by Crippen LogP contribution is -2.47. The highest BCUT2D eigenvalue weighted by Crippen LogP contribution is 2.07. The van der Waals surface area contributed by atoms with Crippen molar-refractivity contribution in [2.24, 2.45) is 5.73 Å². The van der Waals surface area contributed by atoms with Crippen LogP contribution in [0.3, 0.4) is 0 Å². The first-order chi connectivity index (χ1) is 9.78. The number of hydrogen-bond acceptors (Lipinski definition) is 4. The molecule has 0 fully saturated rings. The van der Waals surface area contributed by atoms with Gasteiger partial charge in [-0.15, -0.1) is 0 Å². The van der Waals surface area contributed by atoms with Crippen molar-refractivity contribution in [3.8, 4) is 0 Å². The first-order valence-electron chi connectivity index (χ1n) is 6.68. The normalized spacial score (nSPS) is 12.5. The lowest BCUT2D eigenvalue weighted by Gasteiger charge is -2.24. The minimum absolute atomic E-state index is 0.163. The summed E-state index contributed by atoms with van der Waals surface area (Å²) in [6.45, 7) is 6.14. The Balaban J connectivity index is 2.43. The minimum atomic E-state index is -0.575. The molecule has 1 aromatic rings. The molecule has 0 aliphatic heterocycles. The second-order valence-electron chi connectivity index (χ2n) is 5.58. The predicted octanol–water partition coefficient (Wildman–Crippen LogP) is 2.38. The molecule has 1 atom stereocenters. The van der Waals surface area contributed by atoms with Crippen LogP contribution >= 0.6 is 12.2 Å². The molecule has 1 rings (SSSR count). The van der Waals surface area contributed by atoms with Crippen molar-refractivity contribution in [1.82, 2.24) is 5.32 Å². The summed E-state index contributed by atoms with van der Waals surface area (Å²) in [6.07, 6.45) is -0.575. The number of amides is 1. The fraction of sp³-hybridized carbons (Fsp3) is 0.467. The molecule has 5 nitrogen and oxygen atoms in total. The molecule has 1 aromatic carbocycles. The van der Waals surface area contributed by atoms with Gasteiger partial charge in [0, 0.05) is 0 Å². The van der Waals surface area contributed by atoms with Crippen molar-refractivity contribution in [2.75, 3.05) is 6.61 Å². The molecule has 21 heavy (non-hydrogen) atoms. The maximum Gasteiger partial charge on any atom is 0.408 e. The Morgan fingerprint density at radius 3 is 2.48 bits per heavy atom. The highest BCUT2D eigenvalue weighted by atomic mass is 32.1. The van der Waals surface area contributed by atoms with Crippen molar-refractivity contribution in [1.29, 1.82) is 0 Å². The molecule has 0 bridgehead atoms. The van der Waals surface area contributed by atoms with Crippen LogP contribution in [0.25, 0.3) is 0 Å². The average molecular weight is 310 g/mol. The van der Waals surface area contributed by atoms with Gasteiger partial charge in [0.05, 0.1) is 17.2 Å². The summed E-state index contributed by atoms with van der Waals surface area (Å²) in [4.78, 5) is 11.9. The number of hydrogen-bond donors (Lipinski definition) is 2. The number of carbonyl (C=O) groups excluding carboxylic acids is 1. The fourth-order valence-electron chi connectivity index (χ4n) is 1.44. The van der Waals surface area contributed by atoms with E-state index < -0.39 is 12.1 Å². The lowest BCUT2D eigenvalue weighted by atomic mass is 10.2. The van der Waals surface area contributed by atoms with Crippen molar-refractivity contribution in [3.63, 3.8) is 0 Å². The second kappa shape index (κ2) is 7.95. The van der Waals surface area contributed by atoms with Crippen LogP contribution in [0, 0.1) is 0 Å². The van der Waals surface area contributed by atoms with E-state index >= 15 is 0 Å². The summed E-state index contributed by atoms with van der Waals surface area (Å²) >= 11 is 4.93. The highest BCUT2D eigenvalue weighted by Gasteiger charge is 2.20. The first-order valence-corrected chi connectivity index (χ1v) is 7.09. The summed E-state index contributed by atoms with van der Waals surface area (Å²) in [5.41, 5.74) is 6.18. The van der Waals surface area contributed by atoms with E-state index in [0.717, 1.165) is 5.56 Å².